The van der Waals surface area contributed by atoms with Crippen LogP contribution in [-0.2, 0) is 11.2 Å². The maximum Gasteiger partial charge on any atom is 0.243 e. The summed E-state index contributed by atoms with van der Waals surface area (Å²) in [6.07, 6.45) is 5.89. The number of rotatable bonds is 4. The van der Waals surface area contributed by atoms with Gasteiger partial charge in [0.2, 0.25) is 5.91 Å². The van der Waals surface area contributed by atoms with Gasteiger partial charge in [0.05, 0.1) is 6.04 Å². The Bertz CT molecular complexity index is 591. The van der Waals surface area contributed by atoms with Crippen molar-refractivity contribution in [2.45, 2.75) is 31.7 Å². The average molecular weight is 301 g/mol. The number of carbonyl (C=O) groups is 1. The molecule has 1 aliphatic heterocycles. The van der Waals surface area contributed by atoms with E-state index in [2.05, 4.69) is 27.8 Å². The van der Waals surface area contributed by atoms with E-state index in [-0.39, 0.29) is 11.9 Å². The molecule has 1 amide bonds. The van der Waals surface area contributed by atoms with E-state index in [0.29, 0.717) is 5.13 Å². The number of nitrogens with one attached hydrogen (secondary N) is 2. The number of hydrogen-bond donors (Lipinski definition) is 2. The maximum absolute atomic E-state index is 12.1. The zero-order chi connectivity index (χ0) is 14.5. The van der Waals surface area contributed by atoms with Gasteiger partial charge in [0, 0.05) is 17.5 Å². The van der Waals surface area contributed by atoms with Crippen LogP contribution in [0.3, 0.4) is 0 Å². The largest absolute Gasteiger partial charge is 0.306 e. The highest BCUT2D eigenvalue weighted by atomic mass is 32.1. The number of piperidine rings is 1. The fourth-order valence-electron chi connectivity index (χ4n) is 2.51. The molecule has 1 fully saturated rings. The van der Waals surface area contributed by atoms with Crippen LogP contribution in [0.15, 0.2) is 36.5 Å². The smallest absolute Gasteiger partial charge is 0.243 e. The Hall–Kier alpha value is -1.72. The summed E-state index contributed by atoms with van der Waals surface area (Å²) in [5.74, 6) is 0.0373. The zero-order valence-corrected chi connectivity index (χ0v) is 12.7. The highest BCUT2D eigenvalue weighted by molar-refractivity contribution is 7.15. The van der Waals surface area contributed by atoms with Gasteiger partial charge >= 0.3 is 0 Å². The number of hydrogen-bond acceptors (Lipinski definition) is 4. The van der Waals surface area contributed by atoms with Crippen molar-refractivity contribution in [3.63, 3.8) is 0 Å². The first kappa shape index (κ1) is 14.2. The molecule has 110 valence electrons. The van der Waals surface area contributed by atoms with E-state index in [0.717, 1.165) is 37.1 Å². The molecule has 0 aliphatic carbocycles. The lowest BCUT2D eigenvalue weighted by Crippen LogP contribution is -2.43. The Morgan fingerprint density at radius 2 is 2.19 bits per heavy atom. The minimum absolute atomic E-state index is 0.0373. The SMILES string of the molecule is O=C(Nc1ncc(Cc2ccccc2)s1)C1CCCCN1. The third-order valence-corrected chi connectivity index (χ3v) is 4.54. The highest BCUT2D eigenvalue weighted by Crippen LogP contribution is 2.21. The second-order valence-electron chi connectivity index (χ2n) is 5.29. The van der Waals surface area contributed by atoms with Gasteiger partial charge in [-0.15, -0.1) is 11.3 Å². The Morgan fingerprint density at radius 1 is 1.33 bits per heavy atom. The van der Waals surface area contributed by atoms with Gasteiger partial charge in [-0.2, -0.15) is 0 Å². The summed E-state index contributed by atoms with van der Waals surface area (Å²) in [7, 11) is 0. The molecule has 1 saturated heterocycles. The molecule has 1 atom stereocenters. The van der Waals surface area contributed by atoms with Gasteiger partial charge in [0.25, 0.3) is 0 Å². The van der Waals surface area contributed by atoms with Crippen LogP contribution in [0.2, 0.25) is 0 Å². The molecule has 4 nitrogen and oxygen atoms in total. The van der Waals surface area contributed by atoms with E-state index in [9.17, 15) is 4.79 Å². The molecule has 1 aromatic carbocycles. The molecule has 0 radical (unpaired) electrons. The summed E-state index contributed by atoms with van der Waals surface area (Å²) in [5.41, 5.74) is 1.26. The monoisotopic (exact) mass is 301 g/mol. The molecular weight excluding hydrogens is 282 g/mol. The third-order valence-electron chi connectivity index (χ3n) is 3.63. The predicted molar refractivity (Wildman–Crippen MR) is 85.6 cm³/mol. The summed E-state index contributed by atoms with van der Waals surface area (Å²) >= 11 is 1.55. The summed E-state index contributed by atoms with van der Waals surface area (Å²) in [4.78, 5) is 17.6. The van der Waals surface area contributed by atoms with Crippen LogP contribution in [-0.4, -0.2) is 23.5 Å². The molecule has 2 aromatic rings. The molecule has 1 aromatic heterocycles. The Kier molecular flexibility index (Phi) is 4.62. The van der Waals surface area contributed by atoms with Crippen molar-refractivity contribution in [2.24, 2.45) is 0 Å². The van der Waals surface area contributed by atoms with E-state index in [4.69, 9.17) is 0 Å². The lowest BCUT2D eigenvalue weighted by atomic mass is 10.0. The number of anilines is 1. The third kappa shape index (κ3) is 3.89. The molecule has 21 heavy (non-hydrogen) atoms. The Morgan fingerprint density at radius 3 is 2.95 bits per heavy atom. The summed E-state index contributed by atoms with van der Waals surface area (Å²) in [5, 5.41) is 6.87. The van der Waals surface area contributed by atoms with Crippen molar-refractivity contribution in [3.8, 4) is 0 Å². The molecular formula is C16H19N3OS. The first-order chi connectivity index (χ1) is 10.3. The first-order valence-corrected chi connectivity index (χ1v) is 8.16. The molecule has 0 saturated carbocycles. The van der Waals surface area contributed by atoms with Crippen molar-refractivity contribution in [1.82, 2.24) is 10.3 Å². The van der Waals surface area contributed by atoms with Crippen molar-refractivity contribution < 1.29 is 4.79 Å². The fraction of sp³-hybridized carbons (Fsp3) is 0.375. The molecule has 5 heteroatoms. The quantitative estimate of drug-likeness (QED) is 0.913. The normalized spacial score (nSPS) is 18.4. The number of nitrogens with zero attached hydrogens (tertiary/aromatic N) is 1. The van der Waals surface area contributed by atoms with E-state index in [1.165, 1.54) is 5.56 Å². The van der Waals surface area contributed by atoms with E-state index >= 15 is 0 Å². The van der Waals surface area contributed by atoms with E-state index in [1.807, 2.05) is 24.4 Å². The summed E-state index contributed by atoms with van der Waals surface area (Å²) in [6.45, 7) is 0.926. The zero-order valence-electron chi connectivity index (χ0n) is 11.8. The van der Waals surface area contributed by atoms with E-state index in [1.54, 1.807) is 11.3 Å². The molecule has 3 rings (SSSR count). The second kappa shape index (κ2) is 6.83. The highest BCUT2D eigenvalue weighted by Gasteiger charge is 2.21. The molecule has 1 aliphatic rings. The molecule has 2 heterocycles. The van der Waals surface area contributed by atoms with Crippen molar-refractivity contribution in [3.05, 3.63) is 47.0 Å². The second-order valence-corrected chi connectivity index (χ2v) is 6.40. The molecule has 2 N–H and O–H groups in total. The lowest BCUT2D eigenvalue weighted by molar-refractivity contribution is -0.118. The predicted octanol–water partition coefficient (Wildman–Crippen LogP) is 2.81. The van der Waals surface area contributed by atoms with Crippen LogP contribution in [0.5, 0.6) is 0 Å². The number of benzene rings is 1. The molecule has 1 unspecified atom stereocenters. The summed E-state index contributed by atoms with van der Waals surface area (Å²) < 4.78 is 0. The van der Waals surface area contributed by atoms with Gasteiger partial charge in [-0.05, 0) is 24.9 Å². The van der Waals surface area contributed by atoms with Crippen LogP contribution in [0.25, 0.3) is 0 Å². The topological polar surface area (TPSA) is 54.0 Å². The van der Waals surface area contributed by atoms with Crippen LogP contribution in [0, 0.1) is 0 Å². The van der Waals surface area contributed by atoms with Crippen molar-refractivity contribution >= 4 is 22.4 Å². The standard InChI is InChI=1S/C16H19N3OS/c20-15(14-8-4-5-9-17-14)19-16-18-11-13(21-16)10-12-6-2-1-3-7-12/h1-3,6-7,11,14,17H,4-5,8-10H2,(H,18,19,20). The summed E-state index contributed by atoms with van der Waals surface area (Å²) in [6, 6.07) is 10.2. The van der Waals surface area contributed by atoms with Gasteiger partial charge in [-0.1, -0.05) is 36.8 Å². The van der Waals surface area contributed by atoms with Gasteiger partial charge in [-0.3, -0.25) is 4.79 Å². The number of aromatic nitrogens is 1. The minimum Gasteiger partial charge on any atom is -0.306 e. The number of carbonyl (C=O) groups excluding carboxylic acids is 1. The Balaban J connectivity index is 1.58. The van der Waals surface area contributed by atoms with Crippen LogP contribution in [0.1, 0.15) is 29.7 Å². The molecule has 0 bridgehead atoms. The lowest BCUT2D eigenvalue weighted by Gasteiger charge is -2.21. The number of amides is 1. The van der Waals surface area contributed by atoms with Gasteiger partial charge in [0.1, 0.15) is 0 Å². The molecule has 0 spiro atoms. The fourth-order valence-corrected chi connectivity index (χ4v) is 3.36. The van der Waals surface area contributed by atoms with Crippen LogP contribution >= 0.6 is 11.3 Å². The average Bonchev–Trinajstić information content (AvgIpc) is 2.96. The van der Waals surface area contributed by atoms with Crippen molar-refractivity contribution in [1.29, 1.82) is 0 Å². The van der Waals surface area contributed by atoms with Gasteiger partial charge in [-0.25, -0.2) is 4.98 Å². The van der Waals surface area contributed by atoms with Gasteiger partial charge < -0.3 is 10.6 Å². The first-order valence-electron chi connectivity index (χ1n) is 7.34. The Labute approximate surface area is 128 Å². The maximum atomic E-state index is 12.1. The van der Waals surface area contributed by atoms with Crippen LogP contribution in [0.4, 0.5) is 5.13 Å². The van der Waals surface area contributed by atoms with E-state index < -0.39 is 0 Å². The van der Waals surface area contributed by atoms with Crippen LogP contribution < -0.4 is 10.6 Å². The van der Waals surface area contributed by atoms with Gasteiger partial charge in [0.15, 0.2) is 5.13 Å². The number of thiazole rings is 1. The van der Waals surface area contributed by atoms with Crippen molar-refractivity contribution in [2.75, 3.05) is 11.9 Å². The minimum atomic E-state index is -0.0692.